The highest BCUT2D eigenvalue weighted by molar-refractivity contribution is 5.90. The van der Waals surface area contributed by atoms with Crippen LogP contribution >= 0.6 is 0 Å². The van der Waals surface area contributed by atoms with Crippen molar-refractivity contribution in [3.05, 3.63) is 23.8 Å². The smallest absolute Gasteiger partial charge is 0.410 e. The number of carbonyl (C=O) groups is 3. The number of benzene rings is 1. The summed E-state index contributed by atoms with van der Waals surface area (Å²) >= 11 is 0. The van der Waals surface area contributed by atoms with Gasteiger partial charge in [-0.25, -0.2) is 9.59 Å². The van der Waals surface area contributed by atoms with E-state index >= 15 is 0 Å². The summed E-state index contributed by atoms with van der Waals surface area (Å²) in [6, 6.07) is 4.94. The second kappa shape index (κ2) is 10.8. The zero-order valence-electron chi connectivity index (χ0n) is 21.0. The summed E-state index contributed by atoms with van der Waals surface area (Å²) in [5.74, 6) is 0.476. The Bertz CT molecular complexity index is 865. The van der Waals surface area contributed by atoms with Crippen LogP contribution in [0.15, 0.2) is 18.2 Å². The number of fused-ring (bicyclic) bond motifs is 1. The Morgan fingerprint density at radius 2 is 1.97 bits per heavy atom. The van der Waals surface area contributed by atoms with E-state index in [2.05, 4.69) is 10.6 Å². The lowest BCUT2D eigenvalue weighted by Gasteiger charge is -2.31. The zero-order valence-corrected chi connectivity index (χ0v) is 21.0. The van der Waals surface area contributed by atoms with E-state index in [4.69, 9.17) is 9.47 Å². The van der Waals surface area contributed by atoms with Crippen molar-refractivity contribution in [3.63, 3.8) is 0 Å². The molecule has 1 aliphatic rings. The molecular formula is C24H38N4O5. The van der Waals surface area contributed by atoms with Gasteiger partial charge in [0, 0.05) is 43.9 Å². The van der Waals surface area contributed by atoms with E-state index in [0.29, 0.717) is 30.1 Å². The lowest BCUT2D eigenvalue weighted by molar-refractivity contribution is -0.129. The lowest BCUT2D eigenvalue weighted by Crippen LogP contribution is -2.45. The van der Waals surface area contributed by atoms with E-state index in [1.807, 2.05) is 41.5 Å². The Labute approximate surface area is 196 Å². The van der Waals surface area contributed by atoms with Gasteiger partial charge in [-0.05, 0) is 52.8 Å². The van der Waals surface area contributed by atoms with Crippen LogP contribution in [0.3, 0.4) is 0 Å². The molecule has 1 aliphatic heterocycles. The maximum absolute atomic E-state index is 12.8. The molecule has 0 fully saturated rings. The monoisotopic (exact) mass is 462 g/mol. The van der Waals surface area contributed by atoms with Crippen molar-refractivity contribution in [3.8, 4) is 5.75 Å². The molecule has 2 rings (SSSR count). The van der Waals surface area contributed by atoms with Crippen molar-refractivity contribution in [1.29, 1.82) is 0 Å². The van der Waals surface area contributed by atoms with Crippen LogP contribution in [0, 0.1) is 5.92 Å². The molecule has 9 nitrogen and oxygen atoms in total. The van der Waals surface area contributed by atoms with Crippen LogP contribution in [-0.4, -0.2) is 72.8 Å². The number of carbonyl (C=O) groups excluding carboxylic acids is 3. The van der Waals surface area contributed by atoms with Gasteiger partial charge in [0.05, 0.1) is 13.0 Å². The number of anilines is 1. The first-order valence-corrected chi connectivity index (χ1v) is 11.3. The zero-order chi connectivity index (χ0) is 24.9. The summed E-state index contributed by atoms with van der Waals surface area (Å²) in [5.41, 5.74) is 0.648. The lowest BCUT2D eigenvalue weighted by atomic mass is 10.0. The normalized spacial score (nSPS) is 18.9. The van der Waals surface area contributed by atoms with Crippen LogP contribution in [0.1, 0.15) is 47.1 Å². The molecule has 0 spiro atoms. The number of hydrogen-bond acceptors (Lipinski definition) is 5. The Kier molecular flexibility index (Phi) is 8.57. The van der Waals surface area contributed by atoms with Gasteiger partial charge in [0.25, 0.3) is 0 Å². The molecule has 0 radical (unpaired) electrons. The maximum Gasteiger partial charge on any atom is 0.410 e. The van der Waals surface area contributed by atoms with Gasteiger partial charge < -0.3 is 29.9 Å². The second-order valence-electron chi connectivity index (χ2n) is 10.0. The summed E-state index contributed by atoms with van der Waals surface area (Å²) in [5, 5.41) is 5.56. The van der Waals surface area contributed by atoms with Crippen molar-refractivity contribution in [2.45, 2.75) is 65.7 Å². The standard InChI is InChI=1S/C24H38N4O5/c1-15(2)25-22(30)26-18-9-10-19-17(11-18)12-21(29)27(7)13-16(3)20(32-19)14-28(8)23(31)33-24(4,5)6/h9-11,15-16,20H,12-14H2,1-8H3,(H2,25,26,30)/t16-,20-/m1/s1. The fourth-order valence-corrected chi connectivity index (χ4v) is 3.47. The first-order valence-electron chi connectivity index (χ1n) is 11.3. The first kappa shape index (κ1) is 26.3. The Balaban J connectivity index is 2.27. The third-order valence-corrected chi connectivity index (χ3v) is 5.14. The average Bonchev–Trinajstić information content (AvgIpc) is 2.69. The molecule has 2 N–H and O–H groups in total. The number of amides is 4. The average molecular weight is 463 g/mol. The third-order valence-electron chi connectivity index (χ3n) is 5.14. The first-order chi connectivity index (χ1) is 15.2. The molecular weight excluding hydrogens is 424 g/mol. The van der Waals surface area contributed by atoms with Crippen LogP contribution in [0.2, 0.25) is 0 Å². The van der Waals surface area contributed by atoms with E-state index in [1.165, 1.54) is 4.90 Å². The minimum absolute atomic E-state index is 0.000575. The Morgan fingerprint density at radius 3 is 2.58 bits per heavy atom. The highest BCUT2D eigenvalue weighted by Crippen LogP contribution is 2.28. The molecule has 0 aromatic heterocycles. The molecule has 2 atom stereocenters. The molecule has 0 aliphatic carbocycles. The number of nitrogens with zero attached hydrogens (tertiary/aromatic N) is 2. The van der Waals surface area contributed by atoms with Crippen molar-refractivity contribution in [2.75, 3.05) is 32.5 Å². The quantitative estimate of drug-likeness (QED) is 0.714. The van der Waals surface area contributed by atoms with E-state index in [1.54, 1.807) is 37.2 Å². The van der Waals surface area contributed by atoms with Crippen molar-refractivity contribution in [1.82, 2.24) is 15.1 Å². The summed E-state index contributed by atoms with van der Waals surface area (Å²) in [6.45, 7) is 12.0. The van der Waals surface area contributed by atoms with Crippen LogP contribution in [0.5, 0.6) is 5.75 Å². The molecule has 1 aromatic rings. The molecule has 33 heavy (non-hydrogen) atoms. The molecule has 0 unspecified atom stereocenters. The number of likely N-dealkylation sites (N-methyl/N-ethyl adjacent to an activating group) is 2. The van der Waals surface area contributed by atoms with Crippen LogP contribution in [0.4, 0.5) is 15.3 Å². The number of ether oxygens (including phenoxy) is 2. The molecule has 4 amide bonds. The molecule has 1 heterocycles. The SMILES string of the molecule is CC(C)NC(=O)Nc1ccc2c(c1)CC(=O)N(C)C[C@@H](C)[C@@H](CN(C)C(=O)OC(C)(C)C)O2. The molecule has 0 bridgehead atoms. The van der Waals surface area contributed by atoms with Crippen molar-refractivity contribution in [2.24, 2.45) is 5.92 Å². The van der Waals surface area contributed by atoms with Crippen LogP contribution in [-0.2, 0) is 16.0 Å². The van der Waals surface area contributed by atoms with E-state index in [-0.39, 0.29) is 36.4 Å². The van der Waals surface area contributed by atoms with E-state index in [0.717, 1.165) is 0 Å². The molecule has 0 saturated heterocycles. The number of rotatable bonds is 4. The van der Waals surface area contributed by atoms with Gasteiger partial charge in [0.1, 0.15) is 17.5 Å². The fourth-order valence-electron chi connectivity index (χ4n) is 3.47. The predicted octanol–water partition coefficient (Wildman–Crippen LogP) is 3.48. The Morgan fingerprint density at radius 1 is 1.30 bits per heavy atom. The maximum atomic E-state index is 12.8. The van der Waals surface area contributed by atoms with E-state index in [9.17, 15) is 14.4 Å². The van der Waals surface area contributed by atoms with Gasteiger partial charge in [-0.1, -0.05) is 6.92 Å². The third kappa shape index (κ3) is 8.14. The molecule has 1 aromatic carbocycles. The number of urea groups is 1. The highest BCUT2D eigenvalue weighted by Gasteiger charge is 2.30. The van der Waals surface area contributed by atoms with Crippen LogP contribution < -0.4 is 15.4 Å². The molecule has 0 saturated carbocycles. The highest BCUT2D eigenvalue weighted by atomic mass is 16.6. The summed E-state index contributed by atoms with van der Waals surface area (Å²) in [6.07, 6.45) is -0.648. The largest absolute Gasteiger partial charge is 0.488 e. The minimum atomic E-state index is -0.596. The molecule has 184 valence electrons. The number of hydrogen-bond donors (Lipinski definition) is 2. The molecule has 9 heteroatoms. The van der Waals surface area contributed by atoms with E-state index < -0.39 is 11.7 Å². The van der Waals surface area contributed by atoms with Gasteiger partial charge >= 0.3 is 12.1 Å². The van der Waals surface area contributed by atoms with Gasteiger partial charge in [0.2, 0.25) is 5.91 Å². The topological polar surface area (TPSA) is 100 Å². The van der Waals surface area contributed by atoms with Crippen molar-refractivity contribution < 1.29 is 23.9 Å². The van der Waals surface area contributed by atoms with Gasteiger partial charge in [0.15, 0.2) is 0 Å². The van der Waals surface area contributed by atoms with Crippen LogP contribution in [0.25, 0.3) is 0 Å². The van der Waals surface area contributed by atoms with Gasteiger partial charge in [-0.3, -0.25) is 4.79 Å². The Hall–Kier alpha value is -2.97. The van der Waals surface area contributed by atoms with Gasteiger partial charge in [-0.2, -0.15) is 0 Å². The minimum Gasteiger partial charge on any atom is -0.488 e. The fraction of sp³-hybridized carbons (Fsp3) is 0.625. The summed E-state index contributed by atoms with van der Waals surface area (Å²) in [4.78, 5) is 40.5. The predicted molar refractivity (Wildman–Crippen MR) is 128 cm³/mol. The number of nitrogens with one attached hydrogen (secondary N) is 2. The summed E-state index contributed by atoms with van der Waals surface area (Å²) in [7, 11) is 3.43. The summed E-state index contributed by atoms with van der Waals surface area (Å²) < 4.78 is 11.8. The second-order valence-corrected chi connectivity index (χ2v) is 10.0. The van der Waals surface area contributed by atoms with Crippen molar-refractivity contribution >= 4 is 23.7 Å². The van der Waals surface area contributed by atoms with Gasteiger partial charge in [-0.15, -0.1) is 0 Å².